The molecule has 0 amide bonds. The van der Waals surface area contributed by atoms with Crippen LogP contribution in [0.1, 0.15) is 38.0 Å². The van der Waals surface area contributed by atoms with Gasteiger partial charge in [-0.2, -0.15) is 4.98 Å². The van der Waals surface area contributed by atoms with E-state index in [1.807, 2.05) is 10.8 Å². The number of fused-ring (bicyclic) bond motifs is 2. The number of rotatable bonds is 3. The molecule has 0 spiro atoms. The lowest BCUT2D eigenvalue weighted by atomic mass is 9.92. The van der Waals surface area contributed by atoms with Gasteiger partial charge in [0.05, 0.1) is 23.6 Å². The van der Waals surface area contributed by atoms with Crippen molar-refractivity contribution in [2.45, 2.75) is 50.4 Å². The molecule has 31 heavy (non-hydrogen) atoms. The van der Waals surface area contributed by atoms with Crippen LogP contribution in [0.3, 0.4) is 0 Å². The molecule has 2 aromatic heterocycles. The van der Waals surface area contributed by atoms with Crippen LogP contribution in [-0.4, -0.2) is 37.6 Å². The number of nitrogens with two attached hydrogens (primary N) is 1. The Balaban J connectivity index is 1.55. The minimum Gasteiger partial charge on any atom is -0.388 e. The fraction of sp³-hybridized carbons (Fsp3) is 0.429. The van der Waals surface area contributed by atoms with Crippen LogP contribution in [0.4, 0.5) is 14.7 Å². The number of benzene rings is 1. The largest absolute Gasteiger partial charge is 0.388 e. The van der Waals surface area contributed by atoms with Crippen LogP contribution in [0, 0.1) is 17.6 Å². The summed E-state index contributed by atoms with van der Waals surface area (Å²) in [6.45, 7) is 3.60. The lowest BCUT2D eigenvalue weighted by Gasteiger charge is -2.27. The molecule has 1 aliphatic carbocycles. The van der Waals surface area contributed by atoms with E-state index in [1.54, 1.807) is 19.9 Å². The van der Waals surface area contributed by atoms with Gasteiger partial charge in [-0.3, -0.25) is 0 Å². The quantitative estimate of drug-likeness (QED) is 0.590. The molecule has 164 valence electrons. The van der Waals surface area contributed by atoms with Crippen molar-refractivity contribution in [1.29, 1.82) is 0 Å². The Morgan fingerprint density at radius 1 is 1.19 bits per heavy atom. The average Bonchev–Trinajstić information content (AvgIpc) is 3.34. The van der Waals surface area contributed by atoms with E-state index in [9.17, 15) is 13.9 Å². The van der Waals surface area contributed by atoms with Crippen molar-refractivity contribution < 1.29 is 23.4 Å². The first kappa shape index (κ1) is 20.6. The number of ether oxygens (including phenoxy) is 2. The second-order valence-electron chi connectivity index (χ2n) is 8.48. The monoisotopic (exact) mass is 450 g/mol. The summed E-state index contributed by atoms with van der Waals surface area (Å²) in [5.74, 6) is -3.21. The minimum absolute atomic E-state index is 0.0503. The number of nitrogen functional groups attached to an aromatic ring is 1. The lowest BCUT2D eigenvalue weighted by molar-refractivity contribution is -0.165. The van der Waals surface area contributed by atoms with Crippen molar-refractivity contribution in [2.24, 2.45) is 5.92 Å². The van der Waals surface area contributed by atoms with E-state index in [1.165, 1.54) is 6.07 Å². The highest BCUT2D eigenvalue weighted by molar-refractivity contribution is 6.34. The number of anilines is 1. The van der Waals surface area contributed by atoms with E-state index in [-0.39, 0.29) is 22.7 Å². The normalized spacial score (nSPS) is 28.2. The third kappa shape index (κ3) is 3.36. The maximum Gasteiger partial charge on any atom is 0.223 e. The number of aliphatic hydroxyl groups excluding tert-OH is 1. The van der Waals surface area contributed by atoms with Gasteiger partial charge in [0.25, 0.3) is 0 Å². The molecule has 2 fully saturated rings. The van der Waals surface area contributed by atoms with Crippen molar-refractivity contribution in [2.75, 3.05) is 5.73 Å². The summed E-state index contributed by atoms with van der Waals surface area (Å²) in [5.41, 5.74) is 6.63. The highest BCUT2D eigenvalue weighted by Gasteiger charge is 2.56. The van der Waals surface area contributed by atoms with E-state index >= 15 is 0 Å². The van der Waals surface area contributed by atoms with Crippen LogP contribution in [0.5, 0.6) is 0 Å². The Morgan fingerprint density at radius 3 is 2.68 bits per heavy atom. The van der Waals surface area contributed by atoms with Gasteiger partial charge in [-0.1, -0.05) is 17.7 Å². The van der Waals surface area contributed by atoms with E-state index < -0.39 is 41.7 Å². The molecule has 3 N–H and O–H groups in total. The van der Waals surface area contributed by atoms with Crippen LogP contribution in [0.25, 0.3) is 11.0 Å². The van der Waals surface area contributed by atoms with Crippen LogP contribution >= 0.6 is 11.6 Å². The molecule has 3 aromatic rings. The minimum atomic E-state index is -1.07. The lowest BCUT2D eigenvalue weighted by Crippen LogP contribution is -2.29. The van der Waals surface area contributed by atoms with Gasteiger partial charge < -0.3 is 24.9 Å². The molecule has 1 unspecified atom stereocenters. The van der Waals surface area contributed by atoms with Gasteiger partial charge in [-0.25, -0.2) is 13.8 Å². The van der Waals surface area contributed by atoms with Crippen molar-refractivity contribution in [1.82, 2.24) is 14.5 Å². The SMILES string of the molecule is CC1(C)O[C@@H]2[C@H](O1)[C@@H](C(O)c1ccc(F)c(F)c1)C[C@H]2n1ccc2c(Cl)nc(N)nc21. The summed E-state index contributed by atoms with van der Waals surface area (Å²) >= 11 is 6.22. The fourth-order valence-electron chi connectivity index (χ4n) is 4.80. The van der Waals surface area contributed by atoms with Crippen molar-refractivity contribution in [3.8, 4) is 0 Å². The molecule has 1 aliphatic heterocycles. The van der Waals surface area contributed by atoms with E-state index in [4.69, 9.17) is 26.8 Å². The van der Waals surface area contributed by atoms with Crippen LogP contribution in [0.2, 0.25) is 5.15 Å². The van der Waals surface area contributed by atoms with Gasteiger partial charge in [0.2, 0.25) is 5.95 Å². The topological polar surface area (TPSA) is 95.4 Å². The van der Waals surface area contributed by atoms with Crippen LogP contribution in [-0.2, 0) is 9.47 Å². The van der Waals surface area contributed by atoms with Gasteiger partial charge in [0, 0.05) is 12.1 Å². The molecular weight excluding hydrogens is 430 g/mol. The van der Waals surface area contributed by atoms with Gasteiger partial charge in [0.1, 0.15) is 16.9 Å². The molecule has 5 atom stereocenters. The number of nitrogens with zero attached hydrogens (tertiary/aromatic N) is 3. The number of hydrogen-bond acceptors (Lipinski definition) is 6. The Labute approximate surface area is 181 Å². The molecule has 2 aliphatic rings. The third-order valence-corrected chi connectivity index (χ3v) is 6.36. The Hall–Kier alpha value is -2.33. The summed E-state index contributed by atoms with van der Waals surface area (Å²) in [6, 6.07) is 4.95. The van der Waals surface area contributed by atoms with Gasteiger partial charge in [0.15, 0.2) is 17.4 Å². The van der Waals surface area contributed by atoms with Crippen LogP contribution < -0.4 is 5.73 Å². The molecule has 7 nitrogen and oxygen atoms in total. The second kappa shape index (κ2) is 7.09. The smallest absolute Gasteiger partial charge is 0.223 e. The fourth-order valence-corrected chi connectivity index (χ4v) is 5.03. The second-order valence-corrected chi connectivity index (χ2v) is 8.84. The first-order chi connectivity index (χ1) is 14.6. The van der Waals surface area contributed by atoms with Crippen LogP contribution in [0.15, 0.2) is 30.5 Å². The highest BCUT2D eigenvalue weighted by atomic mass is 35.5. The molecule has 1 aromatic carbocycles. The Bertz CT molecular complexity index is 1170. The first-order valence-electron chi connectivity index (χ1n) is 9.93. The van der Waals surface area contributed by atoms with E-state index in [0.717, 1.165) is 12.1 Å². The standard InChI is InChI=1S/C21H21ClF2N4O3/c1-21(2)30-16-11(15(29)9-3-4-12(23)13(24)7-9)8-14(17(16)31-21)28-6-5-10-18(22)26-20(25)27-19(10)28/h3-7,11,14-17,29H,8H2,1-2H3,(H2,25,26,27)/t11-,14-,15?,16-,17+/m1/s1. The summed E-state index contributed by atoms with van der Waals surface area (Å²) in [7, 11) is 0. The van der Waals surface area contributed by atoms with Gasteiger partial charge >= 0.3 is 0 Å². The maximum absolute atomic E-state index is 13.8. The zero-order valence-electron chi connectivity index (χ0n) is 16.8. The highest BCUT2D eigenvalue weighted by Crippen LogP contribution is 2.51. The zero-order chi connectivity index (χ0) is 22.1. The number of aliphatic hydroxyl groups is 1. The molecular formula is C21H21ClF2N4O3. The van der Waals surface area contributed by atoms with Gasteiger partial charge in [-0.05, 0) is 44.0 Å². The molecule has 1 saturated carbocycles. The molecule has 0 bridgehead atoms. The van der Waals surface area contributed by atoms with Gasteiger partial charge in [-0.15, -0.1) is 0 Å². The molecule has 3 heterocycles. The summed E-state index contributed by atoms with van der Waals surface area (Å²) in [6.07, 6.45) is 0.348. The Kier molecular flexibility index (Phi) is 4.71. The maximum atomic E-state index is 13.8. The average molecular weight is 451 g/mol. The zero-order valence-corrected chi connectivity index (χ0v) is 17.6. The van der Waals surface area contributed by atoms with Crippen molar-refractivity contribution >= 4 is 28.6 Å². The summed E-state index contributed by atoms with van der Waals surface area (Å²) in [5, 5.41) is 12.0. The number of aromatic nitrogens is 3. The molecule has 5 rings (SSSR count). The summed E-state index contributed by atoms with van der Waals surface area (Å²) in [4.78, 5) is 8.32. The number of hydrogen-bond donors (Lipinski definition) is 2. The predicted octanol–water partition coefficient (Wildman–Crippen LogP) is 3.76. The van der Waals surface area contributed by atoms with E-state index in [0.29, 0.717) is 17.5 Å². The summed E-state index contributed by atoms with van der Waals surface area (Å²) < 4.78 is 41.4. The predicted molar refractivity (Wildman–Crippen MR) is 109 cm³/mol. The molecule has 1 saturated heterocycles. The first-order valence-corrected chi connectivity index (χ1v) is 10.3. The van der Waals surface area contributed by atoms with E-state index in [2.05, 4.69) is 9.97 Å². The molecule has 0 radical (unpaired) electrons. The third-order valence-electron chi connectivity index (χ3n) is 6.07. The Morgan fingerprint density at radius 2 is 1.94 bits per heavy atom. The van der Waals surface area contributed by atoms with Crippen molar-refractivity contribution in [3.63, 3.8) is 0 Å². The molecule has 10 heteroatoms. The van der Waals surface area contributed by atoms with Crippen molar-refractivity contribution in [3.05, 3.63) is 52.8 Å². The number of halogens is 3.